The largest absolute Gasteiger partial charge is 0.414 e. The molecule has 6 nitrogen and oxygen atoms in total. The van der Waals surface area contributed by atoms with Crippen molar-refractivity contribution in [2.75, 3.05) is 13.2 Å². The van der Waals surface area contributed by atoms with Crippen LogP contribution in [0.15, 0.2) is 97.6 Å². The maximum atomic E-state index is 9.25. The highest BCUT2D eigenvalue weighted by molar-refractivity contribution is 6.74. The first kappa shape index (κ1) is 34.7. The van der Waals surface area contributed by atoms with Crippen molar-refractivity contribution in [3.05, 3.63) is 109 Å². The first-order valence-corrected chi connectivity index (χ1v) is 18.1. The average molecular weight is 604 g/mol. The second-order valence-corrected chi connectivity index (χ2v) is 17.2. The van der Waals surface area contributed by atoms with Crippen LogP contribution < -0.4 is 0 Å². The van der Waals surface area contributed by atoms with Crippen molar-refractivity contribution in [2.45, 2.75) is 95.5 Å². The zero-order valence-electron chi connectivity index (χ0n) is 26.5. The molecule has 43 heavy (non-hydrogen) atoms. The van der Waals surface area contributed by atoms with Crippen molar-refractivity contribution in [3.8, 4) is 6.07 Å². The molecule has 1 heterocycles. The summed E-state index contributed by atoms with van der Waals surface area (Å²) >= 11 is 0. The Morgan fingerprint density at radius 1 is 0.977 bits per heavy atom. The lowest BCUT2D eigenvalue weighted by Crippen LogP contribution is -2.45. The Bertz CT molecular complexity index is 1190. The summed E-state index contributed by atoms with van der Waals surface area (Å²) in [6.07, 6.45) is 8.82. The van der Waals surface area contributed by atoms with Gasteiger partial charge in [0.15, 0.2) is 8.32 Å². The van der Waals surface area contributed by atoms with Gasteiger partial charge in [0, 0.05) is 6.08 Å². The van der Waals surface area contributed by atoms with Gasteiger partial charge in [0.2, 0.25) is 0 Å². The van der Waals surface area contributed by atoms with Crippen molar-refractivity contribution in [2.24, 2.45) is 0 Å². The van der Waals surface area contributed by atoms with E-state index in [1.54, 1.807) is 12.2 Å². The third-order valence-electron chi connectivity index (χ3n) is 8.10. The second-order valence-electron chi connectivity index (χ2n) is 12.4. The van der Waals surface area contributed by atoms with Crippen molar-refractivity contribution in [1.82, 2.24) is 0 Å². The molecule has 0 aromatic heterocycles. The summed E-state index contributed by atoms with van der Waals surface area (Å²) in [6, 6.07) is 22.4. The van der Waals surface area contributed by atoms with E-state index in [2.05, 4.69) is 70.8 Å². The van der Waals surface area contributed by atoms with Gasteiger partial charge in [0.05, 0.1) is 50.8 Å². The van der Waals surface area contributed by atoms with Gasteiger partial charge in [-0.1, -0.05) is 99.7 Å². The highest BCUT2D eigenvalue weighted by Crippen LogP contribution is 2.36. The lowest BCUT2D eigenvalue weighted by atomic mass is 10.1. The predicted molar refractivity (Wildman–Crippen MR) is 175 cm³/mol. The molecule has 0 bridgehead atoms. The molecule has 232 valence electrons. The zero-order valence-corrected chi connectivity index (χ0v) is 27.5. The summed E-state index contributed by atoms with van der Waals surface area (Å²) in [5, 5.41) is 9.31. The lowest BCUT2D eigenvalue weighted by molar-refractivity contribution is -0.156. The standard InChI is InChI=1S/C36H49NO5Si/c1-7-32-34(41-31(21-16-24-37)27-40-43(5,6)36(2,3)4)23-15-14-22-33(39-26-30-19-12-9-13-20-30)35(42-32)28-38-25-29-17-10-8-11-18-29/h7-21,31-35H,1,22-23,25-28H2,2-6H3/b15-14-,21-16+/t31?,32-,33-,34+,35+/m0/s1. The number of benzene rings is 2. The van der Waals surface area contributed by atoms with Crippen LogP contribution in [0.5, 0.6) is 0 Å². The van der Waals surface area contributed by atoms with Crippen LogP contribution in [0.3, 0.4) is 0 Å². The second kappa shape index (κ2) is 17.5. The predicted octanol–water partition coefficient (Wildman–Crippen LogP) is 7.93. The van der Waals surface area contributed by atoms with E-state index < -0.39 is 20.5 Å². The van der Waals surface area contributed by atoms with Gasteiger partial charge >= 0.3 is 0 Å². The summed E-state index contributed by atoms with van der Waals surface area (Å²) in [6.45, 7) is 16.8. The van der Waals surface area contributed by atoms with Gasteiger partial charge in [0.1, 0.15) is 12.2 Å². The molecular formula is C36H49NO5Si. The number of hydrogen-bond donors (Lipinski definition) is 0. The van der Waals surface area contributed by atoms with Gasteiger partial charge < -0.3 is 23.4 Å². The van der Waals surface area contributed by atoms with Gasteiger partial charge in [-0.25, -0.2) is 0 Å². The third-order valence-corrected chi connectivity index (χ3v) is 12.6. The summed E-state index contributed by atoms with van der Waals surface area (Å²) in [5.41, 5.74) is 2.20. The quantitative estimate of drug-likeness (QED) is 0.124. The van der Waals surface area contributed by atoms with Crippen LogP contribution in [-0.4, -0.2) is 52.1 Å². The van der Waals surface area contributed by atoms with E-state index in [4.69, 9.17) is 23.4 Å². The van der Waals surface area contributed by atoms with Crippen molar-refractivity contribution < 1.29 is 23.4 Å². The molecule has 0 amide bonds. The Morgan fingerprint density at radius 2 is 1.58 bits per heavy atom. The molecule has 7 heteroatoms. The maximum absolute atomic E-state index is 9.25. The molecule has 2 aromatic carbocycles. The summed E-state index contributed by atoms with van der Waals surface area (Å²) < 4.78 is 32.4. The lowest BCUT2D eigenvalue weighted by Gasteiger charge is -2.38. The molecule has 0 fully saturated rings. The Labute approximate surface area is 260 Å². The van der Waals surface area contributed by atoms with Gasteiger partial charge in [-0.2, -0.15) is 5.26 Å². The normalized spacial score (nSPS) is 23.1. The molecule has 0 saturated heterocycles. The van der Waals surface area contributed by atoms with Crippen molar-refractivity contribution in [1.29, 1.82) is 5.26 Å². The molecule has 1 aliphatic heterocycles. The summed E-state index contributed by atoms with van der Waals surface area (Å²) in [4.78, 5) is 0. The van der Waals surface area contributed by atoms with Crippen LogP contribution in [0.1, 0.15) is 44.7 Å². The molecular weight excluding hydrogens is 554 g/mol. The molecule has 2 aromatic rings. The van der Waals surface area contributed by atoms with Gasteiger partial charge in [0.25, 0.3) is 0 Å². The first-order chi connectivity index (χ1) is 20.6. The van der Waals surface area contributed by atoms with Gasteiger partial charge in [-0.05, 0) is 48.2 Å². The SMILES string of the molecule is C=C[C@@H]1O[C@H](COCc2ccccc2)[C@@H](OCc2ccccc2)C/C=C\C[C@H]1OC(/C=C/C#N)CO[Si](C)(C)C(C)(C)C. The van der Waals surface area contributed by atoms with E-state index in [9.17, 15) is 5.26 Å². The monoisotopic (exact) mass is 603 g/mol. The zero-order chi connectivity index (χ0) is 31.1. The molecule has 0 aliphatic carbocycles. The topological polar surface area (TPSA) is 69.9 Å². The van der Waals surface area contributed by atoms with E-state index in [-0.39, 0.29) is 23.4 Å². The number of ether oxygens (including phenoxy) is 4. The Kier molecular flexibility index (Phi) is 14.1. The molecule has 3 rings (SSSR count). The minimum Gasteiger partial charge on any atom is -0.414 e. The molecule has 1 unspecified atom stereocenters. The Morgan fingerprint density at radius 3 is 2.16 bits per heavy atom. The highest BCUT2D eigenvalue weighted by atomic mass is 28.4. The molecule has 0 radical (unpaired) electrons. The van der Waals surface area contributed by atoms with Crippen LogP contribution in [0.2, 0.25) is 18.1 Å². The van der Waals surface area contributed by atoms with Crippen LogP contribution in [0, 0.1) is 11.3 Å². The summed E-state index contributed by atoms with van der Waals surface area (Å²) in [7, 11) is -2.02. The Balaban J connectivity index is 1.77. The van der Waals surface area contributed by atoms with Crippen molar-refractivity contribution >= 4 is 8.32 Å². The number of hydrogen-bond acceptors (Lipinski definition) is 6. The third kappa shape index (κ3) is 11.6. The van der Waals surface area contributed by atoms with Crippen LogP contribution >= 0.6 is 0 Å². The van der Waals surface area contributed by atoms with E-state index in [0.717, 1.165) is 11.1 Å². The van der Waals surface area contributed by atoms with E-state index in [0.29, 0.717) is 39.3 Å². The Hall–Kier alpha value is -2.83. The minimum absolute atomic E-state index is 0.0614. The average Bonchev–Trinajstić information content (AvgIpc) is 3.07. The smallest absolute Gasteiger partial charge is 0.192 e. The fraction of sp³-hybridized carbons (Fsp3) is 0.472. The molecule has 0 spiro atoms. The number of rotatable bonds is 14. The number of nitrogens with zero attached hydrogens (tertiary/aromatic N) is 1. The maximum Gasteiger partial charge on any atom is 0.192 e. The van der Waals surface area contributed by atoms with Crippen LogP contribution in [0.25, 0.3) is 0 Å². The highest BCUT2D eigenvalue weighted by Gasteiger charge is 2.38. The van der Waals surface area contributed by atoms with E-state index in [1.165, 1.54) is 6.08 Å². The fourth-order valence-corrected chi connectivity index (χ4v) is 5.47. The van der Waals surface area contributed by atoms with Crippen LogP contribution in [-0.2, 0) is 36.6 Å². The number of allylic oxidation sites excluding steroid dienone is 1. The number of nitriles is 1. The molecule has 1 aliphatic rings. The molecule has 0 N–H and O–H groups in total. The molecule has 5 atom stereocenters. The van der Waals surface area contributed by atoms with E-state index >= 15 is 0 Å². The molecule has 0 saturated carbocycles. The van der Waals surface area contributed by atoms with Gasteiger partial charge in [-0.15, -0.1) is 6.58 Å². The van der Waals surface area contributed by atoms with Crippen LogP contribution in [0.4, 0.5) is 0 Å². The fourth-order valence-electron chi connectivity index (χ4n) is 4.45. The van der Waals surface area contributed by atoms with Crippen molar-refractivity contribution in [3.63, 3.8) is 0 Å². The summed E-state index contributed by atoms with van der Waals surface area (Å²) in [5.74, 6) is 0. The minimum atomic E-state index is -2.02. The first-order valence-electron chi connectivity index (χ1n) is 15.2. The van der Waals surface area contributed by atoms with E-state index in [1.807, 2.05) is 48.5 Å². The van der Waals surface area contributed by atoms with Gasteiger partial charge in [-0.3, -0.25) is 0 Å².